The van der Waals surface area contributed by atoms with E-state index in [0.29, 0.717) is 0 Å². The van der Waals surface area contributed by atoms with E-state index in [-0.39, 0.29) is 17.7 Å². The lowest BCUT2D eigenvalue weighted by Gasteiger charge is -2.39. The summed E-state index contributed by atoms with van der Waals surface area (Å²) in [6.07, 6.45) is -0.476. The van der Waals surface area contributed by atoms with E-state index in [1.807, 2.05) is 34.6 Å². The molecular weight excluding hydrogens is 286 g/mol. The highest BCUT2D eigenvalue weighted by Crippen LogP contribution is 2.25. The van der Waals surface area contributed by atoms with Gasteiger partial charge in [-0.25, -0.2) is 0 Å². The molecule has 0 aliphatic heterocycles. The zero-order valence-corrected chi connectivity index (χ0v) is 14.3. The van der Waals surface area contributed by atoms with Crippen LogP contribution in [-0.2, 0) is 14.4 Å². The predicted molar refractivity (Wildman–Crippen MR) is 84.1 cm³/mol. The van der Waals surface area contributed by atoms with Crippen molar-refractivity contribution in [1.82, 2.24) is 10.6 Å². The van der Waals surface area contributed by atoms with Gasteiger partial charge in [-0.2, -0.15) is 0 Å². The van der Waals surface area contributed by atoms with E-state index in [1.54, 1.807) is 6.92 Å². The second-order valence-corrected chi connectivity index (χ2v) is 6.52. The van der Waals surface area contributed by atoms with Crippen LogP contribution in [0.25, 0.3) is 0 Å². The van der Waals surface area contributed by atoms with Crippen molar-refractivity contribution in [2.45, 2.75) is 65.6 Å². The van der Waals surface area contributed by atoms with Crippen LogP contribution in [0, 0.1) is 11.8 Å². The summed E-state index contributed by atoms with van der Waals surface area (Å²) in [5, 5.41) is 14.0. The molecule has 2 unspecified atom stereocenters. The fourth-order valence-electron chi connectivity index (χ4n) is 2.00. The molecule has 0 aromatic rings. The molecule has 7 nitrogen and oxygen atoms in total. The van der Waals surface area contributed by atoms with Gasteiger partial charge in [0.15, 0.2) is 0 Å². The van der Waals surface area contributed by atoms with E-state index < -0.39 is 35.9 Å². The molecule has 0 radical (unpaired) electrons. The number of amides is 2. The number of aliphatic carboxylic acids is 1. The van der Waals surface area contributed by atoms with Crippen LogP contribution >= 0.6 is 0 Å². The molecule has 0 aromatic heterocycles. The fourth-order valence-corrected chi connectivity index (χ4v) is 2.00. The molecule has 0 saturated carbocycles. The van der Waals surface area contributed by atoms with Gasteiger partial charge >= 0.3 is 5.97 Å². The molecule has 2 amide bonds. The topological polar surface area (TPSA) is 122 Å². The lowest BCUT2D eigenvalue weighted by Crippen LogP contribution is -2.59. The smallest absolute Gasteiger partial charge is 0.305 e. The maximum Gasteiger partial charge on any atom is 0.305 e. The van der Waals surface area contributed by atoms with Crippen molar-refractivity contribution in [3.05, 3.63) is 0 Å². The maximum atomic E-state index is 12.3. The lowest BCUT2D eigenvalue weighted by molar-refractivity contribution is -0.139. The molecule has 5 N–H and O–H groups in total. The molecule has 0 saturated heterocycles. The van der Waals surface area contributed by atoms with E-state index in [4.69, 9.17) is 10.8 Å². The summed E-state index contributed by atoms with van der Waals surface area (Å²) in [7, 11) is 0. The Hall–Kier alpha value is -1.63. The van der Waals surface area contributed by atoms with Crippen LogP contribution in [0.5, 0.6) is 0 Å². The number of nitrogens with two attached hydrogens (primary N) is 1. The summed E-state index contributed by atoms with van der Waals surface area (Å²) in [6.45, 7) is 11.6. The molecule has 0 fully saturated rings. The summed E-state index contributed by atoms with van der Waals surface area (Å²) in [5.74, 6) is -1.70. The van der Waals surface area contributed by atoms with Gasteiger partial charge in [0.05, 0.1) is 12.5 Å². The monoisotopic (exact) mass is 315 g/mol. The fraction of sp³-hybridized carbons (Fsp3) is 0.800. The normalized spacial score (nSPS) is 14.6. The first-order valence-corrected chi connectivity index (χ1v) is 7.51. The van der Waals surface area contributed by atoms with Crippen LogP contribution in [-0.4, -0.2) is 40.5 Å². The van der Waals surface area contributed by atoms with E-state index >= 15 is 0 Å². The minimum absolute atomic E-state index is 0.216. The first kappa shape index (κ1) is 20.4. The third kappa shape index (κ3) is 5.63. The van der Waals surface area contributed by atoms with Crippen LogP contribution in [0.4, 0.5) is 0 Å². The van der Waals surface area contributed by atoms with Gasteiger partial charge in [0.1, 0.15) is 6.04 Å². The molecule has 7 heteroatoms. The Kier molecular flexibility index (Phi) is 7.52. The summed E-state index contributed by atoms with van der Waals surface area (Å²) < 4.78 is 0. The second kappa shape index (κ2) is 8.12. The minimum Gasteiger partial charge on any atom is -0.481 e. The zero-order valence-electron chi connectivity index (χ0n) is 14.3. The molecule has 0 aliphatic carbocycles. The molecule has 0 rings (SSSR count). The van der Waals surface area contributed by atoms with Gasteiger partial charge in [-0.1, -0.05) is 27.7 Å². The Bertz CT molecular complexity index is 413. The van der Waals surface area contributed by atoms with Gasteiger partial charge in [0, 0.05) is 5.54 Å². The van der Waals surface area contributed by atoms with Gasteiger partial charge in [0.2, 0.25) is 11.8 Å². The largest absolute Gasteiger partial charge is 0.481 e. The number of carbonyl (C=O) groups is 3. The van der Waals surface area contributed by atoms with E-state index in [1.165, 1.54) is 0 Å². The van der Waals surface area contributed by atoms with Crippen LogP contribution in [0.3, 0.4) is 0 Å². The molecule has 22 heavy (non-hydrogen) atoms. The quantitative estimate of drug-likeness (QED) is 0.519. The number of nitrogens with one attached hydrogen (secondary N) is 2. The van der Waals surface area contributed by atoms with Gasteiger partial charge < -0.3 is 21.5 Å². The third-order valence-electron chi connectivity index (χ3n) is 4.27. The minimum atomic E-state index is -1.17. The zero-order chi connectivity index (χ0) is 17.7. The number of rotatable bonds is 8. The summed E-state index contributed by atoms with van der Waals surface area (Å²) in [6, 6.07) is -1.96. The molecule has 0 bridgehead atoms. The third-order valence-corrected chi connectivity index (χ3v) is 4.27. The molecule has 2 atom stereocenters. The van der Waals surface area contributed by atoms with Crippen molar-refractivity contribution in [3.8, 4) is 0 Å². The first-order valence-electron chi connectivity index (χ1n) is 7.51. The van der Waals surface area contributed by atoms with Crippen molar-refractivity contribution in [2.75, 3.05) is 0 Å². The highest BCUT2D eigenvalue weighted by Gasteiger charge is 2.35. The molecule has 0 aliphatic rings. The number of hydrogen-bond acceptors (Lipinski definition) is 4. The molecule has 0 aromatic carbocycles. The first-order chi connectivity index (χ1) is 9.91. The Morgan fingerprint density at radius 3 is 1.86 bits per heavy atom. The van der Waals surface area contributed by atoms with Gasteiger partial charge in [0.25, 0.3) is 0 Å². The number of hydrogen-bond donors (Lipinski definition) is 4. The molecule has 128 valence electrons. The SMILES string of the molecule is CC(NC(=O)C(N)CC(=O)O)C(=O)NC(C)(C(C)C)C(C)C. The van der Waals surface area contributed by atoms with Gasteiger partial charge in [-0.05, 0) is 25.7 Å². The average Bonchev–Trinajstić information content (AvgIpc) is 2.36. The summed E-state index contributed by atoms with van der Waals surface area (Å²) in [4.78, 5) is 34.5. The van der Waals surface area contributed by atoms with Crippen molar-refractivity contribution < 1.29 is 19.5 Å². The number of carboxylic acid groups (broad SMARTS) is 1. The van der Waals surface area contributed by atoms with Crippen molar-refractivity contribution in [1.29, 1.82) is 0 Å². The standard InChI is InChI=1S/C15H29N3O4/c1-8(2)15(6,9(3)4)18-13(21)10(5)17-14(22)11(16)7-12(19)20/h8-11H,7,16H2,1-6H3,(H,17,22)(H,18,21)(H,19,20). The van der Waals surface area contributed by atoms with E-state index in [2.05, 4.69) is 10.6 Å². The van der Waals surface area contributed by atoms with E-state index in [9.17, 15) is 14.4 Å². The highest BCUT2D eigenvalue weighted by molar-refractivity contribution is 5.91. The Labute approximate surface area is 132 Å². The Morgan fingerprint density at radius 1 is 1.05 bits per heavy atom. The van der Waals surface area contributed by atoms with Crippen molar-refractivity contribution in [2.24, 2.45) is 17.6 Å². The average molecular weight is 315 g/mol. The molecule has 0 spiro atoms. The van der Waals surface area contributed by atoms with E-state index in [0.717, 1.165) is 0 Å². The number of carbonyl (C=O) groups excluding carboxylic acids is 2. The maximum absolute atomic E-state index is 12.3. The Balaban J connectivity index is 4.73. The highest BCUT2D eigenvalue weighted by atomic mass is 16.4. The Morgan fingerprint density at radius 2 is 1.50 bits per heavy atom. The van der Waals surface area contributed by atoms with Crippen LogP contribution in [0.1, 0.15) is 48.0 Å². The summed E-state index contributed by atoms with van der Waals surface area (Å²) >= 11 is 0. The van der Waals surface area contributed by atoms with Crippen LogP contribution < -0.4 is 16.4 Å². The molecule has 0 heterocycles. The van der Waals surface area contributed by atoms with Gasteiger partial charge in [-0.3, -0.25) is 14.4 Å². The summed E-state index contributed by atoms with van der Waals surface area (Å²) in [5.41, 5.74) is 5.06. The van der Waals surface area contributed by atoms with Crippen molar-refractivity contribution >= 4 is 17.8 Å². The van der Waals surface area contributed by atoms with Crippen molar-refractivity contribution in [3.63, 3.8) is 0 Å². The number of carboxylic acids is 1. The van der Waals surface area contributed by atoms with Crippen LogP contribution in [0.15, 0.2) is 0 Å². The van der Waals surface area contributed by atoms with Crippen LogP contribution in [0.2, 0.25) is 0 Å². The van der Waals surface area contributed by atoms with Gasteiger partial charge in [-0.15, -0.1) is 0 Å². The molecular formula is C15H29N3O4. The lowest BCUT2D eigenvalue weighted by atomic mass is 9.78. The second-order valence-electron chi connectivity index (χ2n) is 6.52. The predicted octanol–water partition coefficient (Wildman–Crippen LogP) is 0.480.